The summed E-state index contributed by atoms with van der Waals surface area (Å²) in [7, 11) is 0. The summed E-state index contributed by atoms with van der Waals surface area (Å²) in [6, 6.07) is -0.820. The zero-order chi connectivity index (χ0) is 20.6. The number of nitrogens with zero attached hydrogens (tertiary/aromatic N) is 6. The number of hydrogen-bond donors (Lipinski definition) is 5. The molecule has 2 aromatic heterocycles. The van der Waals surface area contributed by atoms with Gasteiger partial charge in [-0.05, 0) is 24.0 Å². The molecular formula is C11H22N10O7S. The second-order valence-corrected chi connectivity index (χ2v) is 5.64. The first kappa shape index (κ1) is 27.9. The van der Waals surface area contributed by atoms with Crippen molar-refractivity contribution in [1.82, 2.24) is 24.8 Å². The smallest absolute Gasteiger partial charge is 0.458 e. The van der Waals surface area contributed by atoms with Crippen molar-refractivity contribution >= 4 is 35.3 Å². The topological polar surface area (TPSA) is 310 Å². The molecule has 0 saturated heterocycles. The van der Waals surface area contributed by atoms with Gasteiger partial charge in [0.25, 0.3) is 5.78 Å². The van der Waals surface area contributed by atoms with Crippen molar-refractivity contribution in [2.24, 2.45) is 22.2 Å². The molecule has 0 aliphatic carbocycles. The van der Waals surface area contributed by atoms with Gasteiger partial charge < -0.3 is 43.4 Å². The zero-order valence-electron chi connectivity index (χ0n) is 15.1. The van der Waals surface area contributed by atoms with Crippen molar-refractivity contribution < 1.29 is 25.8 Å². The fourth-order valence-electron chi connectivity index (χ4n) is 1.60. The third-order valence-corrected chi connectivity index (χ3v) is 3.46. The quantitative estimate of drug-likeness (QED) is 0.0694. The van der Waals surface area contributed by atoms with Crippen molar-refractivity contribution in [1.29, 1.82) is 0 Å². The Morgan fingerprint density at radius 2 is 2.03 bits per heavy atom. The van der Waals surface area contributed by atoms with Gasteiger partial charge >= 0.3 is 17.3 Å². The molecule has 2 rings (SSSR count). The molecule has 0 aliphatic rings. The number of aromatic amines is 1. The number of carbonyl (C=O) groups is 1. The summed E-state index contributed by atoms with van der Waals surface area (Å²) in [5, 5.41) is 28.4. The molecule has 2 aromatic rings. The first-order valence-corrected chi connectivity index (χ1v) is 8.47. The van der Waals surface area contributed by atoms with Gasteiger partial charge in [-0.3, -0.25) is 19.7 Å². The van der Waals surface area contributed by atoms with E-state index in [1.807, 2.05) is 0 Å². The standard InChI is InChI=1S/C6H14N4O2.C5H4N6O3S.2H2O/c7-4(5(11)12)2-1-3-10-6(8)9;1-15-5-6-4-8-7-2(11(13)14)3(12)10(4)9-5;;/h4H,1-3,7H2,(H,11,12)(H4,8,9,10);1H3,(H,6,8,9);2*1H2/t4-;;;/m0.../s1. The summed E-state index contributed by atoms with van der Waals surface area (Å²) < 4.78 is 0.886. The van der Waals surface area contributed by atoms with Gasteiger partial charge in [0.1, 0.15) is 6.04 Å². The summed E-state index contributed by atoms with van der Waals surface area (Å²) in [6.45, 7) is 0.420. The molecule has 0 bridgehead atoms. The van der Waals surface area contributed by atoms with Crippen molar-refractivity contribution in [3.63, 3.8) is 0 Å². The molecule has 18 heteroatoms. The van der Waals surface area contributed by atoms with Gasteiger partial charge in [-0.2, -0.15) is 9.50 Å². The maximum absolute atomic E-state index is 11.4. The highest BCUT2D eigenvalue weighted by Gasteiger charge is 2.20. The number of aliphatic imine (C=N–C) groups is 1. The number of H-pyrrole nitrogens is 1. The largest absolute Gasteiger partial charge is 0.480 e. The number of nitro groups is 1. The van der Waals surface area contributed by atoms with Gasteiger partial charge in [-0.1, -0.05) is 11.8 Å². The van der Waals surface area contributed by atoms with Crippen LogP contribution in [0.5, 0.6) is 0 Å². The maximum Gasteiger partial charge on any atom is 0.458 e. The van der Waals surface area contributed by atoms with Crippen molar-refractivity contribution in [2.45, 2.75) is 24.0 Å². The number of carboxylic acids is 1. The first-order valence-electron chi connectivity index (χ1n) is 7.25. The monoisotopic (exact) mass is 438 g/mol. The Kier molecular flexibility index (Phi) is 12.4. The fourth-order valence-corrected chi connectivity index (χ4v) is 1.96. The van der Waals surface area contributed by atoms with E-state index in [2.05, 4.69) is 25.3 Å². The van der Waals surface area contributed by atoms with E-state index in [0.29, 0.717) is 24.5 Å². The van der Waals surface area contributed by atoms with Crippen LogP contribution in [0.1, 0.15) is 12.8 Å². The second-order valence-electron chi connectivity index (χ2n) is 4.85. The number of aromatic nitrogens is 5. The number of nitrogens with one attached hydrogen (secondary N) is 1. The molecule has 0 aliphatic heterocycles. The lowest BCUT2D eigenvalue weighted by molar-refractivity contribution is -0.391. The minimum atomic E-state index is -1.00. The normalized spacial score (nSPS) is 10.6. The Morgan fingerprint density at radius 1 is 1.41 bits per heavy atom. The molecule has 0 aromatic carbocycles. The van der Waals surface area contributed by atoms with E-state index in [1.54, 1.807) is 6.26 Å². The zero-order valence-corrected chi connectivity index (χ0v) is 15.9. The number of rotatable bonds is 7. The van der Waals surface area contributed by atoms with Crippen LogP contribution in [0.15, 0.2) is 14.9 Å². The van der Waals surface area contributed by atoms with Crippen LogP contribution in [-0.4, -0.2) is 76.5 Å². The number of fused-ring (bicyclic) bond motifs is 1. The molecule has 29 heavy (non-hydrogen) atoms. The van der Waals surface area contributed by atoms with E-state index in [1.165, 1.54) is 11.8 Å². The first-order chi connectivity index (χ1) is 12.7. The van der Waals surface area contributed by atoms with Crippen LogP contribution in [0.3, 0.4) is 0 Å². The third-order valence-electron chi connectivity index (χ3n) is 2.89. The summed E-state index contributed by atoms with van der Waals surface area (Å²) in [5.74, 6) is -1.81. The molecule has 17 nitrogen and oxygen atoms in total. The summed E-state index contributed by atoms with van der Waals surface area (Å²) in [6.07, 6.45) is 2.70. The molecule has 0 amide bonds. The van der Waals surface area contributed by atoms with E-state index in [9.17, 15) is 19.7 Å². The fraction of sp³-hybridized carbons (Fsp3) is 0.455. The highest BCUT2D eigenvalue weighted by molar-refractivity contribution is 7.98. The highest BCUT2D eigenvalue weighted by Crippen LogP contribution is 2.08. The van der Waals surface area contributed by atoms with Gasteiger partial charge in [0.05, 0.1) is 5.10 Å². The molecule has 2 heterocycles. The molecule has 164 valence electrons. The number of aliphatic carboxylic acids is 1. The van der Waals surface area contributed by atoms with Crippen LogP contribution in [-0.2, 0) is 4.79 Å². The van der Waals surface area contributed by atoms with Crippen LogP contribution < -0.4 is 22.8 Å². The molecule has 0 radical (unpaired) electrons. The molecular weight excluding hydrogens is 416 g/mol. The van der Waals surface area contributed by atoms with E-state index in [0.717, 1.165) is 4.52 Å². The van der Waals surface area contributed by atoms with Crippen molar-refractivity contribution in [3.05, 3.63) is 20.5 Å². The lowest BCUT2D eigenvalue weighted by Gasteiger charge is -2.03. The Bertz CT molecular complexity index is 894. The van der Waals surface area contributed by atoms with E-state index < -0.39 is 28.3 Å². The number of guanidine groups is 1. The third kappa shape index (κ3) is 8.47. The average molecular weight is 438 g/mol. The average Bonchev–Trinajstić information content (AvgIpc) is 3.03. The summed E-state index contributed by atoms with van der Waals surface area (Å²) >= 11 is 1.25. The van der Waals surface area contributed by atoms with Gasteiger partial charge in [0, 0.05) is 11.6 Å². The molecule has 12 N–H and O–H groups in total. The minimum Gasteiger partial charge on any atom is -0.480 e. The van der Waals surface area contributed by atoms with Crippen LogP contribution in [0.25, 0.3) is 5.78 Å². The molecule has 1 atom stereocenters. The Hall–Kier alpha value is -3.35. The SMILES string of the molecule is CSc1nc2nnc([N+](=O)[O-])c(=O)n2[nH]1.NC(N)=NCCC[C@H](N)C(=O)O.O.O. The second kappa shape index (κ2) is 12.9. The summed E-state index contributed by atoms with van der Waals surface area (Å²) in [5.41, 5.74) is 14.4. The van der Waals surface area contributed by atoms with E-state index in [4.69, 9.17) is 22.3 Å². The Balaban J connectivity index is 0. The van der Waals surface area contributed by atoms with Crippen LogP contribution in [0.2, 0.25) is 0 Å². The predicted octanol–water partition coefficient (Wildman–Crippen LogP) is -3.75. The maximum atomic E-state index is 11.4. The number of nitrogens with two attached hydrogens (primary N) is 3. The molecule has 0 spiro atoms. The lowest BCUT2D eigenvalue weighted by Crippen LogP contribution is -2.30. The van der Waals surface area contributed by atoms with Gasteiger partial charge in [-0.15, -0.1) is 0 Å². The van der Waals surface area contributed by atoms with Gasteiger partial charge in [-0.25, -0.2) is 0 Å². The number of carboxylic acid groups (broad SMARTS) is 1. The number of thioether (sulfide) groups is 1. The predicted molar refractivity (Wildman–Crippen MR) is 103 cm³/mol. The molecule has 0 fully saturated rings. The van der Waals surface area contributed by atoms with E-state index >= 15 is 0 Å². The van der Waals surface area contributed by atoms with Crippen molar-refractivity contribution in [2.75, 3.05) is 12.8 Å². The minimum absolute atomic E-state index is 0. The van der Waals surface area contributed by atoms with E-state index in [-0.39, 0.29) is 22.7 Å². The Morgan fingerprint density at radius 3 is 2.52 bits per heavy atom. The molecule has 0 unspecified atom stereocenters. The highest BCUT2D eigenvalue weighted by atomic mass is 32.2. The summed E-state index contributed by atoms with van der Waals surface area (Å²) in [4.78, 5) is 38.7. The van der Waals surface area contributed by atoms with Crippen molar-refractivity contribution in [3.8, 4) is 0 Å². The van der Waals surface area contributed by atoms with Gasteiger partial charge in [0.2, 0.25) is 0 Å². The van der Waals surface area contributed by atoms with Gasteiger partial charge in [0.15, 0.2) is 11.1 Å². The molecule has 0 saturated carbocycles. The van der Waals surface area contributed by atoms with Crippen LogP contribution in [0.4, 0.5) is 5.82 Å². The number of hydrogen-bond acceptors (Lipinski definition) is 10. The van der Waals surface area contributed by atoms with Crippen LogP contribution >= 0.6 is 11.8 Å². The lowest BCUT2D eigenvalue weighted by atomic mass is 10.2. The Labute approximate surface area is 166 Å². The van der Waals surface area contributed by atoms with Crippen LogP contribution in [0, 0.1) is 10.1 Å².